The molecule has 4 aromatic heterocycles. The monoisotopic (exact) mass is 627 g/mol. The summed E-state index contributed by atoms with van der Waals surface area (Å²) in [7, 11) is 0. The van der Waals surface area contributed by atoms with E-state index in [1.54, 1.807) is 58.0 Å². The minimum absolute atomic E-state index is 0.0122. The number of carbonyl (C=O) groups is 2. The van der Waals surface area contributed by atoms with Gasteiger partial charge in [-0.3, -0.25) is 23.6 Å². The van der Waals surface area contributed by atoms with Crippen LogP contribution in [-0.4, -0.2) is 70.5 Å². The first-order chi connectivity index (χ1) is 22.8. The second-order valence-corrected chi connectivity index (χ2v) is 11.2. The third-order valence-electron chi connectivity index (χ3n) is 8.20. The van der Waals surface area contributed by atoms with Crippen molar-refractivity contribution < 1.29 is 14.7 Å². The number of hydrogen-bond donors (Lipinski definition) is 3. The van der Waals surface area contributed by atoms with Gasteiger partial charge in [-0.25, -0.2) is 9.50 Å². The fourth-order valence-electron chi connectivity index (χ4n) is 5.78. The van der Waals surface area contributed by atoms with Gasteiger partial charge in [0, 0.05) is 48.6 Å². The van der Waals surface area contributed by atoms with Gasteiger partial charge in [0.1, 0.15) is 12.2 Å². The second-order valence-electron chi connectivity index (χ2n) is 11.2. The zero-order valence-corrected chi connectivity index (χ0v) is 25.2. The molecule has 2 amide bonds. The number of benzene rings is 2. The zero-order valence-electron chi connectivity index (χ0n) is 25.2. The first-order valence-electron chi connectivity index (χ1n) is 14.9. The predicted molar refractivity (Wildman–Crippen MR) is 174 cm³/mol. The second kappa shape index (κ2) is 11.9. The lowest BCUT2D eigenvalue weighted by Gasteiger charge is -2.38. The fourth-order valence-corrected chi connectivity index (χ4v) is 5.78. The van der Waals surface area contributed by atoms with Crippen LogP contribution in [0.2, 0.25) is 0 Å². The Morgan fingerprint density at radius 3 is 2.70 bits per heavy atom. The molecule has 6 aromatic rings. The molecule has 4 N–H and O–H groups in total. The van der Waals surface area contributed by atoms with Crippen molar-refractivity contribution in [1.82, 2.24) is 39.2 Å². The molecule has 0 saturated carbocycles. The number of nitrogen functional groups attached to an aromatic ring is 1. The molecule has 2 aromatic carbocycles. The maximum atomic E-state index is 14.4. The summed E-state index contributed by atoms with van der Waals surface area (Å²) in [6.07, 6.45) is 6.67. The third kappa shape index (κ3) is 5.36. The number of nitrogens with zero attached hydrogens (tertiary/aromatic N) is 7. The van der Waals surface area contributed by atoms with Gasteiger partial charge in [-0.2, -0.15) is 5.10 Å². The van der Waals surface area contributed by atoms with Crippen LogP contribution >= 0.6 is 0 Å². The van der Waals surface area contributed by atoms with Crippen molar-refractivity contribution in [3.63, 3.8) is 0 Å². The van der Waals surface area contributed by atoms with Crippen LogP contribution in [-0.2, 0) is 4.79 Å². The maximum Gasteiger partial charge on any atom is 0.264 e. The number of amides is 2. The highest BCUT2D eigenvalue weighted by Gasteiger charge is 2.32. The Labute approximate surface area is 267 Å². The molecule has 0 unspecified atom stereocenters. The van der Waals surface area contributed by atoms with Crippen LogP contribution in [0.1, 0.15) is 46.2 Å². The van der Waals surface area contributed by atoms with E-state index in [1.807, 2.05) is 48.5 Å². The van der Waals surface area contributed by atoms with Crippen molar-refractivity contribution in [3.8, 4) is 17.5 Å². The Bertz CT molecular complexity index is 2290. The number of aliphatic hydroxyl groups excluding tert-OH is 1. The van der Waals surface area contributed by atoms with Gasteiger partial charge in [0.15, 0.2) is 11.5 Å². The van der Waals surface area contributed by atoms with Crippen LogP contribution in [0.5, 0.6) is 0 Å². The summed E-state index contributed by atoms with van der Waals surface area (Å²) in [5.41, 5.74) is 8.68. The first kappa shape index (κ1) is 29.5. The maximum absolute atomic E-state index is 14.4. The summed E-state index contributed by atoms with van der Waals surface area (Å²) in [6, 6.07) is 17.7. The normalized spacial score (nSPS) is 13.6. The number of aromatic nitrogens is 6. The predicted octanol–water partition coefficient (Wildman–Crippen LogP) is 2.08. The summed E-state index contributed by atoms with van der Waals surface area (Å²) < 4.78 is 4.79. The highest BCUT2D eigenvalue weighted by Crippen LogP contribution is 2.25. The minimum Gasteiger partial charge on any atom is -0.387 e. The Hall–Kier alpha value is -6.26. The molecule has 1 atom stereocenters. The standard InChI is InChI=1S/C34H29N9O4/c1-21(38-33(46)30-31(35)39-41-14-6-13-36-32(30)41)27-15-24-8-5-7-23(29(24)34(47)43(27)25-9-3-2-4-10-25)12-11-22-16-37-42(17-22)26-18-40(19-26)28(45)20-44/h2-10,13-17,21,26,44H,18-20H2,1H3,(H2,35,39)(H,38,46)/t21-/m0/s1. The number of fused-ring (bicyclic) bond motifs is 2. The molecule has 234 valence electrons. The van der Waals surface area contributed by atoms with E-state index in [9.17, 15) is 14.4 Å². The first-order valence-corrected chi connectivity index (χ1v) is 14.9. The van der Waals surface area contributed by atoms with Gasteiger partial charge in [0.05, 0.1) is 29.2 Å². The van der Waals surface area contributed by atoms with E-state index >= 15 is 0 Å². The molecule has 13 nitrogen and oxygen atoms in total. The number of rotatable bonds is 6. The number of hydrogen-bond acceptors (Lipinski definition) is 8. The smallest absolute Gasteiger partial charge is 0.264 e. The van der Waals surface area contributed by atoms with E-state index in [0.29, 0.717) is 52.0 Å². The number of anilines is 1. The zero-order chi connectivity index (χ0) is 32.7. The molecule has 0 bridgehead atoms. The number of nitrogens with one attached hydrogen (secondary N) is 1. The van der Waals surface area contributed by atoms with Crippen LogP contribution in [0.15, 0.2) is 90.2 Å². The molecule has 13 heteroatoms. The lowest BCUT2D eigenvalue weighted by Crippen LogP contribution is -2.51. The Balaban J connectivity index is 1.24. The molecule has 1 fully saturated rings. The average molecular weight is 628 g/mol. The lowest BCUT2D eigenvalue weighted by atomic mass is 10.0. The van der Waals surface area contributed by atoms with Gasteiger partial charge in [0.2, 0.25) is 5.91 Å². The van der Waals surface area contributed by atoms with E-state index in [2.05, 4.69) is 32.3 Å². The fraction of sp³-hybridized carbons (Fsp3) is 0.176. The molecule has 0 spiro atoms. The summed E-state index contributed by atoms with van der Waals surface area (Å²) in [5.74, 6) is 5.55. The molecule has 0 aliphatic carbocycles. The van der Waals surface area contributed by atoms with E-state index in [1.165, 1.54) is 4.52 Å². The quantitative estimate of drug-likeness (QED) is 0.236. The van der Waals surface area contributed by atoms with Crippen LogP contribution in [0.4, 0.5) is 5.82 Å². The number of pyridine rings is 1. The van der Waals surface area contributed by atoms with E-state index in [4.69, 9.17) is 10.8 Å². The molecular formula is C34H29N9O4. The Morgan fingerprint density at radius 2 is 1.91 bits per heavy atom. The van der Waals surface area contributed by atoms with Gasteiger partial charge >= 0.3 is 0 Å². The highest BCUT2D eigenvalue weighted by atomic mass is 16.3. The SMILES string of the molecule is C[C@H](NC(=O)c1c(N)nn2cccnc12)c1cc2cccc(C#Cc3cnn(C4CN(C(=O)CO)C4)c3)c2c(=O)n1-c1ccccc1. The van der Waals surface area contributed by atoms with Gasteiger partial charge in [-0.15, -0.1) is 5.10 Å². The largest absolute Gasteiger partial charge is 0.387 e. The van der Waals surface area contributed by atoms with Crippen molar-refractivity contribution in [2.24, 2.45) is 0 Å². The lowest BCUT2D eigenvalue weighted by molar-refractivity contribution is -0.140. The van der Waals surface area contributed by atoms with Crippen molar-refractivity contribution in [3.05, 3.63) is 118 Å². The summed E-state index contributed by atoms with van der Waals surface area (Å²) >= 11 is 0. The highest BCUT2D eigenvalue weighted by molar-refractivity contribution is 6.04. The number of likely N-dealkylation sites (tertiary alicyclic amines) is 1. The summed E-state index contributed by atoms with van der Waals surface area (Å²) in [5, 5.41) is 21.7. The van der Waals surface area contributed by atoms with Gasteiger partial charge < -0.3 is 21.1 Å². The van der Waals surface area contributed by atoms with Crippen molar-refractivity contribution in [2.75, 3.05) is 25.4 Å². The molecule has 1 aliphatic heterocycles. The van der Waals surface area contributed by atoms with Crippen molar-refractivity contribution >= 4 is 34.1 Å². The van der Waals surface area contributed by atoms with E-state index in [-0.39, 0.29) is 28.9 Å². The molecule has 47 heavy (non-hydrogen) atoms. The average Bonchev–Trinajstić information content (AvgIpc) is 3.66. The van der Waals surface area contributed by atoms with Gasteiger partial charge in [-0.1, -0.05) is 42.2 Å². The molecule has 7 rings (SSSR count). The van der Waals surface area contributed by atoms with Crippen molar-refractivity contribution in [1.29, 1.82) is 0 Å². The minimum atomic E-state index is -0.617. The molecule has 1 aliphatic rings. The molecular weight excluding hydrogens is 598 g/mol. The topological polar surface area (TPSA) is 166 Å². The van der Waals surface area contributed by atoms with Crippen LogP contribution in [0.25, 0.3) is 22.1 Å². The summed E-state index contributed by atoms with van der Waals surface area (Å²) in [6.45, 7) is 2.24. The third-order valence-corrected chi connectivity index (χ3v) is 8.20. The number of para-hydroxylation sites is 1. The Kier molecular flexibility index (Phi) is 7.47. The van der Waals surface area contributed by atoms with Crippen LogP contribution in [0.3, 0.4) is 0 Å². The van der Waals surface area contributed by atoms with E-state index in [0.717, 1.165) is 0 Å². The number of aliphatic hydroxyl groups is 1. The van der Waals surface area contributed by atoms with E-state index < -0.39 is 18.6 Å². The summed E-state index contributed by atoms with van der Waals surface area (Å²) in [4.78, 5) is 45.3. The number of nitrogens with two attached hydrogens (primary N) is 1. The van der Waals surface area contributed by atoms with Crippen molar-refractivity contribution in [2.45, 2.75) is 19.0 Å². The van der Waals surface area contributed by atoms with Crippen LogP contribution < -0.4 is 16.6 Å². The molecule has 5 heterocycles. The van der Waals surface area contributed by atoms with Crippen LogP contribution in [0, 0.1) is 11.8 Å². The van der Waals surface area contributed by atoms with Gasteiger partial charge in [0.25, 0.3) is 11.5 Å². The number of carbonyl (C=O) groups excluding carboxylic acids is 2. The molecule has 0 radical (unpaired) electrons. The Morgan fingerprint density at radius 1 is 1.11 bits per heavy atom. The molecule has 1 saturated heterocycles. The van der Waals surface area contributed by atoms with Gasteiger partial charge in [-0.05, 0) is 42.6 Å².